The predicted octanol–water partition coefficient (Wildman–Crippen LogP) is -6.96. The minimum atomic E-state index is -4.95. The van der Waals surface area contributed by atoms with Crippen LogP contribution in [0.3, 0.4) is 0 Å². The van der Waals surface area contributed by atoms with Crippen LogP contribution >= 0.6 is 7.82 Å². The first-order valence-electron chi connectivity index (χ1n) is 12.1. The highest BCUT2D eigenvalue weighted by Crippen LogP contribution is 2.39. The fourth-order valence-electron chi connectivity index (χ4n) is 4.09. The van der Waals surface area contributed by atoms with Gasteiger partial charge in [0.25, 0.3) is 5.79 Å². The van der Waals surface area contributed by atoms with E-state index in [-0.39, 0.29) is 0 Å². The number of carboxylic acid groups (broad SMARTS) is 1. The van der Waals surface area contributed by atoms with Crippen molar-refractivity contribution in [3.63, 3.8) is 0 Å². The first-order valence-corrected chi connectivity index (χ1v) is 13.6. The van der Waals surface area contributed by atoms with E-state index in [4.69, 9.17) is 40.3 Å². The normalized spacial score (nSPS) is 32.2. The van der Waals surface area contributed by atoms with Gasteiger partial charge in [-0.05, 0) is 0 Å². The largest absolute Gasteiger partial charge is 0.524 e. The molecule has 3 heterocycles. The van der Waals surface area contributed by atoms with Crippen LogP contribution in [0.2, 0.25) is 0 Å². The minimum Gasteiger partial charge on any atom is -0.477 e. The van der Waals surface area contributed by atoms with Gasteiger partial charge in [0, 0.05) is 13.3 Å². The Morgan fingerprint density at radius 2 is 1.86 bits per heavy atom. The Morgan fingerprint density at radius 1 is 1.26 bits per heavy atom. The Kier molecular flexibility index (Phi) is 12.1. The van der Waals surface area contributed by atoms with Crippen molar-refractivity contribution in [3.8, 4) is 5.75 Å². The molecule has 2 aliphatic rings. The third kappa shape index (κ3) is 8.86. The van der Waals surface area contributed by atoms with Crippen molar-refractivity contribution in [1.29, 1.82) is 0 Å². The van der Waals surface area contributed by atoms with E-state index in [9.17, 15) is 49.6 Å². The molecular formula is C20H33N4O18P. The predicted molar refractivity (Wildman–Crippen MR) is 133 cm³/mol. The first kappa shape index (κ1) is 36.4. The summed E-state index contributed by atoms with van der Waals surface area (Å²) >= 11 is 0. The van der Waals surface area contributed by atoms with Crippen LogP contribution in [0.1, 0.15) is 19.6 Å². The smallest absolute Gasteiger partial charge is 0.477 e. The average Bonchev–Trinajstić information content (AvgIpc) is 3.18. The standard InChI is InChI=1S/C11H19NO9.C9H14N3O9P/c1-4(14)12-7-5(15)2-11(20,10(18)19)21-9(7)8(17)6(16)3-13;10-7-3(21-22(17,18)19)1-12(9(16)11-7)8-6(15)5(14)4(2-13)20-8/h5-9,13,15-17,20H,2-3H2,1H3,(H,12,14)(H,18,19);1,4-6,8,13-15H,2H2,(H2,10,11,16)(H2,17,18,19)/t5-,6+,7+,8+,9+,11-;4-,5-,6-,8-/m01/s1. The molecular weight excluding hydrogens is 615 g/mol. The minimum absolute atomic E-state index is 0.573. The maximum Gasteiger partial charge on any atom is 0.524 e. The quantitative estimate of drug-likeness (QED) is 0.111. The van der Waals surface area contributed by atoms with E-state index in [1.165, 1.54) is 0 Å². The Bertz CT molecular complexity index is 1240. The molecule has 2 saturated heterocycles. The van der Waals surface area contributed by atoms with E-state index in [2.05, 4.69) is 14.8 Å². The number of hydrogen-bond acceptors (Lipinski definition) is 17. The maximum absolute atomic E-state index is 11.8. The lowest BCUT2D eigenvalue weighted by Gasteiger charge is -2.44. The van der Waals surface area contributed by atoms with Crippen molar-refractivity contribution in [2.75, 3.05) is 18.9 Å². The third-order valence-corrected chi connectivity index (χ3v) is 6.60. The van der Waals surface area contributed by atoms with Crippen LogP contribution in [0, 0.1) is 0 Å². The van der Waals surface area contributed by atoms with Gasteiger partial charge in [-0.2, -0.15) is 4.98 Å². The molecule has 10 atom stereocenters. The highest BCUT2D eigenvalue weighted by molar-refractivity contribution is 7.46. The molecule has 2 aliphatic heterocycles. The van der Waals surface area contributed by atoms with E-state index in [1.807, 2.05) is 0 Å². The van der Waals surface area contributed by atoms with Crippen molar-refractivity contribution in [3.05, 3.63) is 16.7 Å². The molecule has 2 fully saturated rings. The highest BCUT2D eigenvalue weighted by atomic mass is 31.2. The fourth-order valence-corrected chi connectivity index (χ4v) is 4.49. The van der Waals surface area contributed by atoms with Crippen LogP contribution in [0.5, 0.6) is 5.75 Å². The number of phosphoric ester groups is 1. The number of amides is 1. The number of hydrogen-bond donors (Lipinski definition) is 13. The van der Waals surface area contributed by atoms with Gasteiger partial charge in [-0.1, -0.05) is 0 Å². The van der Waals surface area contributed by atoms with Crippen LogP contribution in [-0.4, -0.2) is 145 Å². The van der Waals surface area contributed by atoms with Crippen LogP contribution in [0.15, 0.2) is 11.0 Å². The number of nitrogens with zero attached hydrogens (tertiary/aromatic N) is 2. The summed E-state index contributed by atoms with van der Waals surface area (Å²) < 4.78 is 25.7. The topological polar surface area (TPSA) is 374 Å². The molecule has 0 aromatic carbocycles. The number of nitrogens with one attached hydrogen (secondary N) is 1. The zero-order valence-corrected chi connectivity index (χ0v) is 23.0. The van der Waals surface area contributed by atoms with E-state index in [1.54, 1.807) is 0 Å². The number of rotatable bonds is 9. The van der Waals surface area contributed by atoms with E-state index in [0.29, 0.717) is 4.57 Å². The number of aliphatic hydroxyl groups excluding tert-OH is 7. The van der Waals surface area contributed by atoms with Crippen LogP contribution in [0.25, 0.3) is 0 Å². The zero-order chi connectivity index (χ0) is 33.0. The number of aromatic nitrogens is 2. The summed E-state index contributed by atoms with van der Waals surface area (Å²) in [6.45, 7) is -0.357. The summed E-state index contributed by atoms with van der Waals surface area (Å²) in [5.41, 5.74) is 4.32. The van der Waals surface area contributed by atoms with Gasteiger partial charge >= 0.3 is 19.5 Å². The maximum atomic E-state index is 11.8. The molecule has 3 rings (SSSR count). The lowest BCUT2D eigenvalue weighted by molar-refractivity contribution is -0.295. The van der Waals surface area contributed by atoms with E-state index in [0.717, 1.165) is 13.1 Å². The Hall–Kier alpha value is -2.83. The second-order valence-electron chi connectivity index (χ2n) is 9.40. The molecule has 43 heavy (non-hydrogen) atoms. The fraction of sp³-hybridized carbons (Fsp3) is 0.700. The van der Waals surface area contributed by atoms with Gasteiger partial charge in [0.15, 0.2) is 17.8 Å². The van der Waals surface area contributed by atoms with Crippen LogP contribution in [0.4, 0.5) is 5.82 Å². The summed E-state index contributed by atoms with van der Waals surface area (Å²) in [6.07, 6.45) is -12.3. The summed E-state index contributed by atoms with van der Waals surface area (Å²) in [6, 6.07) is -1.27. The van der Waals surface area contributed by atoms with Crippen molar-refractivity contribution in [2.45, 2.75) is 74.1 Å². The molecule has 0 saturated carbocycles. The van der Waals surface area contributed by atoms with Crippen molar-refractivity contribution in [2.24, 2.45) is 0 Å². The number of aliphatic hydroxyl groups is 8. The molecule has 0 unspecified atom stereocenters. The molecule has 14 N–H and O–H groups in total. The molecule has 1 amide bonds. The van der Waals surface area contributed by atoms with Crippen LogP contribution < -0.4 is 21.3 Å². The molecule has 0 spiro atoms. The highest BCUT2D eigenvalue weighted by Gasteiger charge is 2.54. The Morgan fingerprint density at radius 3 is 2.33 bits per heavy atom. The lowest BCUT2D eigenvalue weighted by Crippen LogP contribution is -2.67. The van der Waals surface area contributed by atoms with E-state index >= 15 is 0 Å². The van der Waals surface area contributed by atoms with Crippen molar-refractivity contribution < 1.29 is 83.9 Å². The van der Waals surface area contributed by atoms with Gasteiger partial charge in [-0.15, -0.1) is 0 Å². The number of aliphatic carboxylic acids is 1. The number of carbonyl (C=O) groups is 2. The molecule has 0 aliphatic carbocycles. The molecule has 246 valence electrons. The van der Waals surface area contributed by atoms with Gasteiger partial charge in [-0.3, -0.25) is 19.1 Å². The third-order valence-electron chi connectivity index (χ3n) is 6.16. The summed E-state index contributed by atoms with van der Waals surface area (Å²) in [7, 11) is -4.95. The number of carbonyl (C=O) groups excluding carboxylic acids is 1. The summed E-state index contributed by atoms with van der Waals surface area (Å²) in [4.78, 5) is 54.7. The van der Waals surface area contributed by atoms with Crippen molar-refractivity contribution in [1.82, 2.24) is 14.9 Å². The average molecular weight is 648 g/mol. The number of carboxylic acids is 1. The zero-order valence-electron chi connectivity index (χ0n) is 22.1. The number of ether oxygens (including phenoxy) is 2. The summed E-state index contributed by atoms with van der Waals surface area (Å²) in [5, 5.41) is 87.4. The molecule has 23 heteroatoms. The van der Waals surface area contributed by atoms with Gasteiger partial charge in [0.2, 0.25) is 5.91 Å². The number of phosphoric acid groups is 1. The molecule has 22 nitrogen and oxygen atoms in total. The molecule has 0 bridgehead atoms. The van der Waals surface area contributed by atoms with Crippen LogP contribution in [-0.2, 0) is 23.6 Å². The van der Waals surface area contributed by atoms with E-state index < -0.39 is 117 Å². The lowest BCUT2D eigenvalue weighted by atomic mass is 9.88. The summed E-state index contributed by atoms with van der Waals surface area (Å²) in [5.74, 6) is -6.35. The van der Waals surface area contributed by atoms with Gasteiger partial charge < -0.3 is 71.0 Å². The Balaban J connectivity index is 0.000000301. The second kappa shape index (κ2) is 14.3. The monoisotopic (exact) mass is 648 g/mol. The van der Waals surface area contributed by atoms with Gasteiger partial charge in [0.05, 0.1) is 31.6 Å². The molecule has 1 aromatic heterocycles. The molecule has 1 aromatic rings. The SMILES string of the molecule is CC(=O)N[C@H]1[C@H]([C@H](O)[C@H](O)CO)O[C@](O)(C(=O)O)C[C@@H]1O.Nc1nc(=O)n([C@@H]2O[C@H](CO)[C@@H](O)[C@H]2O)cc1OP(=O)(O)O. The van der Waals surface area contributed by atoms with Gasteiger partial charge in [-0.25, -0.2) is 14.2 Å². The number of nitrogens with two attached hydrogens (primary N) is 1. The van der Waals surface area contributed by atoms with Crippen molar-refractivity contribution >= 4 is 25.5 Å². The second-order valence-corrected chi connectivity index (χ2v) is 10.6. The molecule has 0 radical (unpaired) electrons. The number of nitrogen functional groups attached to an aromatic ring is 1. The number of anilines is 1. The first-order chi connectivity index (χ1) is 19.8. The Labute approximate surface area is 240 Å². The van der Waals surface area contributed by atoms with Gasteiger partial charge in [0.1, 0.15) is 36.6 Å².